The minimum absolute atomic E-state index is 0.0480. The fourth-order valence-electron chi connectivity index (χ4n) is 4.09. The molecule has 2 aliphatic carbocycles. The maximum Gasteiger partial charge on any atom is 0.251 e. The number of hydrazine groups is 2. The summed E-state index contributed by atoms with van der Waals surface area (Å²) in [5.41, 5.74) is 8.67. The largest absolute Gasteiger partial charge is 0.343 e. The van der Waals surface area contributed by atoms with E-state index in [2.05, 4.69) is 22.3 Å². The second kappa shape index (κ2) is 7.24. The van der Waals surface area contributed by atoms with Crippen molar-refractivity contribution in [2.45, 2.75) is 63.5 Å². The lowest BCUT2D eigenvalue weighted by Gasteiger charge is -2.31. The molecule has 4 rings (SSSR count). The van der Waals surface area contributed by atoms with Crippen LogP contribution < -0.4 is 16.3 Å². The quantitative estimate of drug-likeness (QED) is 0.748. The number of aryl methyl sites for hydroxylation is 1. The van der Waals surface area contributed by atoms with Crippen molar-refractivity contribution in [1.29, 1.82) is 5.26 Å². The van der Waals surface area contributed by atoms with Crippen LogP contribution in [0.25, 0.3) is 0 Å². The fraction of sp³-hybridized carbons (Fsp3) is 0.524. The monoisotopic (exact) mass is 365 g/mol. The Morgan fingerprint density at radius 1 is 1.26 bits per heavy atom. The Morgan fingerprint density at radius 3 is 2.59 bits per heavy atom. The van der Waals surface area contributed by atoms with Gasteiger partial charge in [-0.15, -0.1) is 5.53 Å². The van der Waals surface area contributed by atoms with Crippen molar-refractivity contribution in [2.75, 3.05) is 0 Å². The smallest absolute Gasteiger partial charge is 0.251 e. The van der Waals surface area contributed by atoms with Gasteiger partial charge in [0.25, 0.3) is 5.91 Å². The van der Waals surface area contributed by atoms with Crippen molar-refractivity contribution in [2.24, 2.45) is 5.92 Å². The molecule has 1 aromatic carbocycles. The van der Waals surface area contributed by atoms with Crippen LogP contribution in [0.1, 0.15) is 60.9 Å². The summed E-state index contributed by atoms with van der Waals surface area (Å²) in [7, 11) is 0. The molecule has 0 aromatic heterocycles. The molecule has 0 saturated heterocycles. The highest BCUT2D eigenvalue weighted by Crippen LogP contribution is 2.41. The van der Waals surface area contributed by atoms with Gasteiger partial charge in [-0.1, -0.05) is 37.0 Å². The third kappa shape index (κ3) is 3.65. The average Bonchev–Trinajstić information content (AvgIpc) is 3.36. The molecule has 0 spiro atoms. The molecule has 1 atom stereocenters. The Balaban J connectivity index is 1.54. The summed E-state index contributed by atoms with van der Waals surface area (Å²) >= 11 is 0. The van der Waals surface area contributed by atoms with Crippen LogP contribution >= 0.6 is 0 Å². The summed E-state index contributed by atoms with van der Waals surface area (Å²) in [4.78, 5) is 12.9. The van der Waals surface area contributed by atoms with Gasteiger partial charge in [0.15, 0.2) is 0 Å². The van der Waals surface area contributed by atoms with Crippen LogP contribution in [0.2, 0.25) is 0 Å². The lowest BCUT2D eigenvalue weighted by atomic mass is 9.82. The van der Waals surface area contributed by atoms with E-state index in [-0.39, 0.29) is 11.9 Å². The van der Waals surface area contributed by atoms with Crippen molar-refractivity contribution in [3.63, 3.8) is 0 Å². The van der Waals surface area contributed by atoms with Gasteiger partial charge in [-0.25, -0.2) is 0 Å². The molecule has 6 heteroatoms. The van der Waals surface area contributed by atoms with Gasteiger partial charge in [0.1, 0.15) is 5.54 Å². The summed E-state index contributed by atoms with van der Waals surface area (Å²) in [5.74, 6) is 0.360. The fourth-order valence-corrected chi connectivity index (χ4v) is 4.09. The Labute approximate surface area is 160 Å². The van der Waals surface area contributed by atoms with Crippen LogP contribution in [0, 0.1) is 24.2 Å². The number of nitriles is 1. The summed E-state index contributed by atoms with van der Waals surface area (Å²) < 4.78 is 0. The number of carbonyl (C=O) groups excluding carboxylic acids is 1. The van der Waals surface area contributed by atoms with Gasteiger partial charge in [-0.05, 0) is 50.7 Å². The van der Waals surface area contributed by atoms with E-state index in [1.54, 1.807) is 0 Å². The molecule has 3 N–H and O–H groups in total. The molecule has 2 fully saturated rings. The van der Waals surface area contributed by atoms with Gasteiger partial charge in [-0.3, -0.25) is 9.80 Å². The third-order valence-electron chi connectivity index (χ3n) is 6.04. The normalized spacial score (nSPS) is 22.4. The van der Waals surface area contributed by atoms with E-state index in [9.17, 15) is 10.1 Å². The number of benzene rings is 1. The summed E-state index contributed by atoms with van der Waals surface area (Å²) in [5, 5.41) is 14.6. The van der Waals surface area contributed by atoms with Crippen molar-refractivity contribution in [1.82, 2.24) is 21.3 Å². The predicted molar refractivity (Wildman–Crippen MR) is 103 cm³/mol. The first-order valence-corrected chi connectivity index (χ1v) is 9.93. The first kappa shape index (κ1) is 17.9. The predicted octanol–water partition coefficient (Wildman–Crippen LogP) is 2.90. The van der Waals surface area contributed by atoms with Crippen molar-refractivity contribution < 1.29 is 4.79 Å². The zero-order chi connectivity index (χ0) is 18.9. The maximum absolute atomic E-state index is 12.9. The van der Waals surface area contributed by atoms with E-state index in [1.165, 1.54) is 19.3 Å². The standard InChI is InChI=1S/C21H27N5O/c1-15-7-9-17(10-8-15)20(27)23-19(16-5-3-2-4-6-16)18-13-26(25-24-18)21(14-22)11-12-21/h7-10,13,16,19,24-25H,2-6,11-12H2,1H3,(H,23,27)/t19-/m0/s1. The third-order valence-corrected chi connectivity index (χ3v) is 6.04. The van der Waals surface area contributed by atoms with E-state index < -0.39 is 5.54 Å². The maximum atomic E-state index is 12.9. The molecule has 27 heavy (non-hydrogen) atoms. The minimum Gasteiger partial charge on any atom is -0.343 e. The van der Waals surface area contributed by atoms with E-state index in [0.717, 1.165) is 36.9 Å². The number of hydrogen-bond donors (Lipinski definition) is 3. The Kier molecular flexibility index (Phi) is 4.79. The van der Waals surface area contributed by atoms with Crippen molar-refractivity contribution in [3.8, 4) is 6.07 Å². The van der Waals surface area contributed by atoms with Crippen LogP contribution in [0.15, 0.2) is 36.2 Å². The minimum atomic E-state index is -0.438. The van der Waals surface area contributed by atoms with Gasteiger partial charge >= 0.3 is 0 Å². The Hall–Kier alpha value is -2.52. The second-order valence-electron chi connectivity index (χ2n) is 8.05. The van der Waals surface area contributed by atoms with Crippen LogP contribution in [0.4, 0.5) is 0 Å². The van der Waals surface area contributed by atoms with Gasteiger partial charge in [0.2, 0.25) is 0 Å². The molecular formula is C21H27N5O. The molecule has 0 radical (unpaired) electrons. The second-order valence-corrected chi connectivity index (χ2v) is 8.05. The average molecular weight is 365 g/mol. The zero-order valence-corrected chi connectivity index (χ0v) is 15.8. The first-order valence-electron chi connectivity index (χ1n) is 9.93. The number of nitrogens with zero attached hydrogens (tertiary/aromatic N) is 2. The van der Waals surface area contributed by atoms with Gasteiger partial charge < -0.3 is 10.7 Å². The Bertz CT molecular complexity index is 769. The summed E-state index contributed by atoms with van der Waals surface area (Å²) in [6.45, 7) is 2.02. The van der Waals surface area contributed by atoms with Gasteiger partial charge in [0, 0.05) is 11.8 Å². The summed E-state index contributed by atoms with van der Waals surface area (Å²) in [6, 6.07) is 9.99. The molecule has 142 valence electrons. The lowest BCUT2D eigenvalue weighted by molar-refractivity contribution is 0.0921. The number of rotatable bonds is 5. The van der Waals surface area contributed by atoms with Crippen molar-refractivity contribution >= 4 is 5.91 Å². The molecule has 1 amide bonds. The van der Waals surface area contributed by atoms with E-state index in [0.29, 0.717) is 11.5 Å². The molecule has 6 nitrogen and oxygen atoms in total. The molecule has 0 unspecified atom stereocenters. The lowest BCUT2D eigenvalue weighted by Crippen LogP contribution is -2.48. The van der Waals surface area contributed by atoms with E-state index in [1.807, 2.05) is 42.4 Å². The summed E-state index contributed by atoms with van der Waals surface area (Å²) in [6.07, 6.45) is 9.61. The van der Waals surface area contributed by atoms with Crippen LogP contribution in [-0.4, -0.2) is 22.5 Å². The van der Waals surface area contributed by atoms with E-state index >= 15 is 0 Å². The molecule has 0 bridgehead atoms. The number of hydrogen-bond acceptors (Lipinski definition) is 5. The van der Waals surface area contributed by atoms with Crippen LogP contribution in [-0.2, 0) is 0 Å². The number of nitrogens with one attached hydrogen (secondary N) is 3. The highest BCUT2D eigenvalue weighted by Gasteiger charge is 2.50. The highest BCUT2D eigenvalue weighted by atomic mass is 16.1. The van der Waals surface area contributed by atoms with Crippen molar-refractivity contribution in [3.05, 3.63) is 47.3 Å². The zero-order valence-electron chi connectivity index (χ0n) is 15.8. The van der Waals surface area contributed by atoms with Crippen LogP contribution in [0.3, 0.4) is 0 Å². The molecule has 2 saturated carbocycles. The van der Waals surface area contributed by atoms with E-state index in [4.69, 9.17) is 0 Å². The first-order chi connectivity index (χ1) is 13.1. The number of amides is 1. The molecule has 1 heterocycles. The molecule has 1 aromatic rings. The topological polar surface area (TPSA) is 80.2 Å². The molecule has 1 aliphatic heterocycles. The van der Waals surface area contributed by atoms with Gasteiger partial charge in [-0.2, -0.15) is 5.26 Å². The molecule has 3 aliphatic rings. The SMILES string of the molecule is Cc1ccc(C(=O)N[C@H](C2=CN(C3(C#N)CC3)NN2)C2CCCCC2)cc1. The van der Waals surface area contributed by atoms with Crippen LogP contribution in [0.5, 0.6) is 0 Å². The van der Waals surface area contributed by atoms with Gasteiger partial charge in [0.05, 0.1) is 17.8 Å². The molecular weight excluding hydrogens is 338 g/mol. The number of carbonyl (C=O) groups is 1. The Morgan fingerprint density at radius 2 is 1.96 bits per heavy atom. The highest BCUT2D eigenvalue weighted by molar-refractivity contribution is 5.94.